The molecule has 0 spiro atoms. The van der Waals surface area contributed by atoms with E-state index in [1.54, 1.807) is 0 Å². The Hall–Kier alpha value is -0.530. The average molecular weight is 353 g/mol. The summed E-state index contributed by atoms with van der Waals surface area (Å²) in [5.74, 6) is 0. The molecule has 0 atom stereocenters. The highest BCUT2D eigenvalue weighted by molar-refractivity contribution is 7.89. The fraction of sp³-hybridized carbons (Fsp3) is 0.538. The average Bonchev–Trinajstić information content (AvgIpc) is 2.36. The van der Waals surface area contributed by atoms with Crippen LogP contribution < -0.4 is 10.5 Å². The lowest BCUT2D eigenvalue weighted by atomic mass is 9.83. The van der Waals surface area contributed by atoms with Crippen molar-refractivity contribution in [3.8, 4) is 0 Å². The van der Waals surface area contributed by atoms with Gasteiger partial charge in [-0.15, -0.1) is 0 Å². The zero-order valence-electron chi connectivity index (χ0n) is 11.7. The van der Waals surface area contributed by atoms with Crippen molar-refractivity contribution in [2.24, 2.45) is 5.41 Å². The fourth-order valence-corrected chi connectivity index (χ4v) is 4.43. The molecule has 5 nitrogen and oxygen atoms in total. The van der Waals surface area contributed by atoms with Gasteiger partial charge < -0.3 is 10.5 Å². The summed E-state index contributed by atoms with van der Waals surface area (Å²) in [6.45, 7) is 3.63. The van der Waals surface area contributed by atoms with Crippen molar-refractivity contribution >= 4 is 38.9 Å². The van der Waals surface area contributed by atoms with Gasteiger partial charge in [0.05, 0.1) is 10.7 Å². The number of halogens is 2. The largest absolute Gasteiger partial charge is 0.398 e. The maximum Gasteiger partial charge on any atom is 0.244 e. The minimum atomic E-state index is -3.78. The SMILES string of the molecule is CC1(CNS(=O)(=O)c2c(N)cc(Cl)cc2Cl)CCOCC1. The molecule has 2 rings (SSSR count). The smallest absolute Gasteiger partial charge is 0.244 e. The van der Waals surface area contributed by atoms with E-state index in [4.69, 9.17) is 33.7 Å². The van der Waals surface area contributed by atoms with E-state index in [1.807, 2.05) is 6.92 Å². The maximum absolute atomic E-state index is 12.4. The van der Waals surface area contributed by atoms with Gasteiger partial charge in [-0.05, 0) is 30.4 Å². The van der Waals surface area contributed by atoms with Gasteiger partial charge in [0, 0.05) is 24.8 Å². The number of nitrogen functional groups attached to an aromatic ring is 1. The van der Waals surface area contributed by atoms with Crippen LogP contribution in [0.3, 0.4) is 0 Å². The lowest BCUT2D eigenvalue weighted by Crippen LogP contribution is -2.39. The van der Waals surface area contributed by atoms with Crippen molar-refractivity contribution in [1.82, 2.24) is 4.72 Å². The maximum atomic E-state index is 12.4. The normalized spacial score (nSPS) is 18.6. The highest BCUT2D eigenvalue weighted by Crippen LogP contribution is 2.33. The van der Waals surface area contributed by atoms with Gasteiger partial charge in [0.1, 0.15) is 4.90 Å². The number of hydrogen-bond donors (Lipinski definition) is 2. The van der Waals surface area contributed by atoms with E-state index in [1.165, 1.54) is 12.1 Å². The Kier molecular flexibility index (Phi) is 5.05. The standard InChI is InChI=1S/C13H18Cl2N2O3S/c1-13(2-4-20-5-3-13)8-17-21(18,19)12-10(15)6-9(14)7-11(12)16/h6-7,17H,2-5,8,16H2,1H3. The number of rotatable bonds is 4. The molecular weight excluding hydrogens is 335 g/mol. The van der Waals surface area contributed by atoms with E-state index in [0.29, 0.717) is 24.8 Å². The van der Waals surface area contributed by atoms with Crippen LogP contribution in [0.1, 0.15) is 19.8 Å². The number of sulfonamides is 1. The summed E-state index contributed by atoms with van der Waals surface area (Å²) in [7, 11) is -3.78. The quantitative estimate of drug-likeness (QED) is 0.816. The zero-order valence-corrected chi connectivity index (χ0v) is 14.0. The summed E-state index contributed by atoms with van der Waals surface area (Å²) < 4.78 is 32.7. The van der Waals surface area contributed by atoms with Crippen LogP contribution in [-0.2, 0) is 14.8 Å². The molecule has 1 heterocycles. The lowest BCUT2D eigenvalue weighted by molar-refractivity contribution is 0.0265. The van der Waals surface area contributed by atoms with Crippen LogP contribution in [0.15, 0.2) is 17.0 Å². The molecule has 0 amide bonds. The third kappa shape index (κ3) is 4.02. The first-order valence-corrected chi connectivity index (χ1v) is 8.79. The summed E-state index contributed by atoms with van der Waals surface area (Å²) in [6.07, 6.45) is 1.61. The van der Waals surface area contributed by atoms with Crippen LogP contribution in [0, 0.1) is 5.41 Å². The molecule has 0 unspecified atom stereocenters. The molecule has 0 aromatic heterocycles. The van der Waals surface area contributed by atoms with Crippen molar-refractivity contribution in [2.75, 3.05) is 25.5 Å². The summed E-state index contributed by atoms with van der Waals surface area (Å²) in [6, 6.07) is 2.74. The Morgan fingerprint density at radius 2 is 1.95 bits per heavy atom. The van der Waals surface area contributed by atoms with Crippen LogP contribution in [0.5, 0.6) is 0 Å². The number of anilines is 1. The molecule has 1 fully saturated rings. The molecule has 3 N–H and O–H groups in total. The van der Waals surface area contributed by atoms with Crippen LogP contribution in [0.25, 0.3) is 0 Å². The topological polar surface area (TPSA) is 81.4 Å². The first kappa shape index (κ1) is 16.8. The molecule has 0 bridgehead atoms. The van der Waals surface area contributed by atoms with Crippen molar-refractivity contribution in [1.29, 1.82) is 0 Å². The van der Waals surface area contributed by atoms with Crippen LogP contribution in [0.4, 0.5) is 5.69 Å². The van der Waals surface area contributed by atoms with Gasteiger partial charge >= 0.3 is 0 Å². The molecule has 1 aromatic rings. The van der Waals surface area contributed by atoms with E-state index in [2.05, 4.69) is 4.72 Å². The van der Waals surface area contributed by atoms with E-state index >= 15 is 0 Å². The fourth-order valence-electron chi connectivity index (χ4n) is 2.25. The number of ether oxygens (including phenoxy) is 1. The van der Waals surface area contributed by atoms with Gasteiger partial charge in [0.15, 0.2) is 0 Å². The Balaban J connectivity index is 2.19. The van der Waals surface area contributed by atoms with Gasteiger partial charge in [0.2, 0.25) is 10.0 Å². The predicted molar refractivity (Wildman–Crippen MR) is 84.2 cm³/mol. The minimum Gasteiger partial charge on any atom is -0.398 e. The van der Waals surface area contributed by atoms with Crippen LogP contribution in [-0.4, -0.2) is 28.2 Å². The molecule has 118 valence electrons. The van der Waals surface area contributed by atoms with Gasteiger partial charge in [0.25, 0.3) is 0 Å². The van der Waals surface area contributed by atoms with Gasteiger partial charge in [-0.2, -0.15) is 0 Å². The van der Waals surface area contributed by atoms with E-state index < -0.39 is 10.0 Å². The Morgan fingerprint density at radius 3 is 2.52 bits per heavy atom. The zero-order chi connectivity index (χ0) is 15.7. The molecular formula is C13H18Cl2N2O3S. The molecule has 1 saturated heterocycles. The third-order valence-corrected chi connectivity index (χ3v) is 5.84. The molecule has 21 heavy (non-hydrogen) atoms. The summed E-state index contributed by atoms with van der Waals surface area (Å²) in [5, 5.41) is 0.317. The Morgan fingerprint density at radius 1 is 1.33 bits per heavy atom. The highest BCUT2D eigenvalue weighted by Gasteiger charge is 2.30. The van der Waals surface area contributed by atoms with E-state index in [0.717, 1.165) is 12.8 Å². The summed E-state index contributed by atoms with van der Waals surface area (Å²) >= 11 is 11.8. The second-order valence-electron chi connectivity index (χ2n) is 5.55. The summed E-state index contributed by atoms with van der Waals surface area (Å²) in [4.78, 5) is -0.121. The first-order chi connectivity index (χ1) is 9.73. The van der Waals surface area contributed by atoms with E-state index in [9.17, 15) is 8.42 Å². The lowest BCUT2D eigenvalue weighted by Gasteiger charge is -2.33. The van der Waals surface area contributed by atoms with Crippen molar-refractivity contribution in [2.45, 2.75) is 24.7 Å². The number of nitrogens with two attached hydrogens (primary N) is 1. The minimum absolute atomic E-state index is 0.0182. The summed E-state index contributed by atoms with van der Waals surface area (Å²) in [5.41, 5.74) is 5.65. The monoisotopic (exact) mass is 352 g/mol. The molecule has 1 aromatic carbocycles. The molecule has 0 aliphatic carbocycles. The molecule has 0 saturated carbocycles. The van der Waals surface area contributed by atoms with Crippen LogP contribution >= 0.6 is 23.2 Å². The number of nitrogens with one attached hydrogen (secondary N) is 1. The second-order valence-corrected chi connectivity index (χ2v) is 8.10. The Labute approximate surface area is 134 Å². The number of hydrogen-bond acceptors (Lipinski definition) is 4. The van der Waals surface area contributed by atoms with Gasteiger partial charge in [-0.25, -0.2) is 13.1 Å². The second kappa shape index (κ2) is 6.30. The highest BCUT2D eigenvalue weighted by atomic mass is 35.5. The van der Waals surface area contributed by atoms with Crippen molar-refractivity contribution < 1.29 is 13.2 Å². The van der Waals surface area contributed by atoms with Gasteiger partial charge in [-0.3, -0.25) is 0 Å². The first-order valence-electron chi connectivity index (χ1n) is 6.55. The Bertz CT molecular complexity index is 605. The molecule has 0 radical (unpaired) electrons. The number of benzene rings is 1. The molecule has 1 aliphatic heterocycles. The predicted octanol–water partition coefficient (Wildman–Crippen LogP) is 2.67. The molecule has 1 aliphatic rings. The van der Waals surface area contributed by atoms with Crippen molar-refractivity contribution in [3.63, 3.8) is 0 Å². The molecule has 8 heteroatoms. The van der Waals surface area contributed by atoms with E-state index in [-0.39, 0.29) is 21.0 Å². The van der Waals surface area contributed by atoms with Crippen LogP contribution in [0.2, 0.25) is 10.0 Å². The van der Waals surface area contributed by atoms with Crippen molar-refractivity contribution in [3.05, 3.63) is 22.2 Å². The van der Waals surface area contributed by atoms with Gasteiger partial charge in [-0.1, -0.05) is 30.1 Å². The third-order valence-electron chi connectivity index (χ3n) is 3.69.